The first-order valence-corrected chi connectivity index (χ1v) is 35.5. The van der Waals surface area contributed by atoms with Crippen molar-refractivity contribution in [3.63, 3.8) is 0 Å². The summed E-state index contributed by atoms with van der Waals surface area (Å²) in [7, 11) is 2.36. The van der Waals surface area contributed by atoms with E-state index in [-0.39, 0.29) is 0 Å². The fourth-order valence-electron chi connectivity index (χ4n) is 12.4. The molecule has 0 saturated carbocycles. The lowest BCUT2D eigenvalue weighted by molar-refractivity contribution is 0.0917. The van der Waals surface area contributed by atoms with Gasteiger partial charge in [0.2, 0.25) is 0 Å². The van der Waals surface area contributed by atoms with Crippen LogP contribution in [0.15, 0.2) is 36.8 Å². The topological polar surface area (TPSA) is 28.2 Å². The normalized spacial score (nSPS) is 17.2. The van der Waals surface area contributed by atoms with Crippen LogP contribution in [-0.2, 0) is 9.47 Å². The lowest BCUT2D eigenvalue weighted by atomic mass is 9.86. The number of rotatable bonds is 56. The third kappa shape index (κ3) is 49.3. The van der Waals surface area contributed by atoms with Crippen LogP contribution in [0, 0.1) is 23.7 Å². The van der Waals surface area contributed by atoms with Gasteiger partial charge in [0.05, 0.1) is 24.7 Å². The maximum atomic E-state index is 6.41. The fourth-order valence-corrected chi connectivity index (χ4v) is 12.4. The van der Waals surface area contributed by atoms with Gasteiger partial charge in [-0.3, -0.25) is 0 Å². The van der Waals surface area contributed by atoms with Crippen LogP contribution in [0.5, 0.6) is 0 Å². The summed E-state index contributed by atoms with van der Waals surface area (Å²) < 4.78 is 12.8. The summed E-state index contributed by atoms with van der Waals surface area (Å²) in [6, 6.07) is 0. The van der Waals surface area contributed by atoms with Gasteiger partial charge in [-0.15, -0.1) is 0 Å². The molecule has 1 rings (SSSR count). The van der Waals surface area contributed by atoms with E-state index in [1.165, 1.54) is 301 Å². The molecule has 1 aliphatic rings. The molecular formula is C73H143N3O2. The molecule has 1 aliphatic heterocycles. The van der Waals surface area contributed by atoms with Crippen LogP contribution in [0.2, 0.25) is 0 Å². The summed E-state index contributed by atoms with van der Waals surface area (Å²) in [5.74, 6) is 4.34. The second-order valence-corrected chi connectivity index (χ2v) is 26.4. The Morgan fingerprint density at radius 3 is 1.00 bits per heavy atom. The molecule has 1 saturated heterocycles. The SMILES string of the molecule is C=C(CCCCCCCCCCCCCCC)CCC1CC(CC)CN(CC(C)COC(=C)CCCCCCCCCCCCCCC)CCN(C)CCN(CC(C)COC(=C)CCCCCCCCCCCCCCC)C1. The Balaban J connectivity index is 2.70. The Morgan fingerprint density at radius 2 is 0.679 bits per heavy atom. The van der Waals surface area contributed by atoms with Gasteiger partial charge in [-0.25, -0.2) is 0 Å². The largest absolute Gasteiger partial charge is 0.498 e. The van der Waals surface area contributed by atoms with Crippen molar-refractivity contribution in [2.24, 2.45) is 23.7 Å². The van der Waals surface area contributed by atoms with Gasteiger partial charge in [0, 0.05) is 77.0 Å². The van der Waals surface area contributed by atoms with Gasteiger partial charge in [0.15, 0.2) is 0 Å². The van der Waals surface area contributed by atoms with E-state index in [4.69, 9.17) is 16.1 Å². The summed E-state index contributed by atoms with van der Waals surface area (Å²) in [5.41, 5.74) is 1.50. The molecular weight excluding hydrogens is 951 g/mol. The van der Waals surface area contributed by atoms with E-state index in [1.54, 1.807) is 0 Å². The van der Waals surface area contributed by atoms with E-state index in [2.05, 4.69) is 76.4 Å². The van der Waals surface area contributed by atoms with Crippen molar-refractivity contribution in [3.05, 3.63) is 36.8 Å². The number of hydrogen-bond acceptors (Lipinski definition) is 5. The molecule has 78 heavy (non-hydrogen) atoms. The standard InChI is InChI=1S/C73H143N3O2/c1-11-15-18-21-24-27-30-33-36-39-42-45-48-51-67(5)54-55-73-60-72(14-4)63-75(61-68(6)65-77-70(8)52-49-46-43-40-37-34-31-28-25-22-19-16-12-2)58-56-74(10)57-59-76(64-73)62-69(7)66-78-71(9)53-50-47-44-41-38-35-32-29-26-23-20-17-13-3/h68-69,72-73H,5,8-9,11-66H2,1-4,6-7,10H3. The number of hydrogen-bond donors (Lipinski definition) is 0. The minimum atomic E-state index is 0.476. The Bertz CT molecular complexity index is 1300. The highest BCUT2D eigenvalue weighted by Gasteiger charge is 2.25. The van der Waals surface area contributed by atoms with Crippen molar-refractivity contribution in [1.29, 1.82) is 0 Å². The van der Waals surface area contributed by atoms with Gasteiger partial charge in [-0.1, -0.05) is 304 Å². The highest BCUT2D eigenvalue weighted by Crippen LogP contribution is 2.27. The molecule has 0 aromatic rings. The molecule has 0 aliphatic carbocycles. The first-order valence-electron chi connectivity index (χ1n) is 35.5. The predicted molar refractivity (Wildman–Crippen MR) is 350 cm³/mol. The zero-order valence-electron chi connectivity index (χ0n) is 54.7. The average Bonchev–Trinajstić information content (AvgIpc) is 3.43. The van der Waals surface area contributed by atoms with Gasteiger partial charge in [0.1, 0.15) is 0 Å². The smallest absolute Gasteiger partial charge is 0.0914 e. The van der Waals surface area contributed by atoms with Crippen molar-refractivity contribution in [2.45, 2.75) is 337 Å². The first kappa shape index (κ1) is 74.7. The third-order valence-electron chi connectivity index (χ3n) is 17.8. The zero-order valence-corrected chi connectivity index (χ0v) is 54.7. The molecule has 0 amide bonds. The lowest BCUT2D eigenvalue weighted by Crippen LogP contribution is -2.44. The van der Waals surface area contributed by atoms with Gasteiger partial charge in [-0.2, -0.15) is 0 Å². The van der Waals surface area contributed by atoms with Gasteiger partial charge in [0.25, 0.3) is 0 Å². The fraction of sp³-hybridized carbons (Fsp3) is 0.918. The van der Waals surface area contributed by atoms with Crippen LogP contribution in [-0.4, -0.2) is 87.3 Å². The van der Waals surface area contributed by atoms with Gasteiger partial charge >= 0.3 is 0 Å². The van der Waals surface area contributed by atoms with Crippen LogP contribution < -0.4 is 0 Å². The molecule has 0 spiro atoms. The molecule has 1 heterocycles. The first-order chi connectivity index (χ1) is 38.1. The van der Waals surface area contributed by atoms with Crippen molar-refractivity contribution < 1.29 is 9.47 Å². The molecule has 5 heteroatoms. The van der Waals surface area contributed by atoms with E-state index >= 15 is 0 Å². The quantitative estimate of drug-likeness (QED) is 0.0344. The highest BCUT2D eigenvalue weighted by atomic mass is 16.5. The summed E-state index contributed by atoms with van der Waals surface area (Å²) in [4.78, 5) is 8.24. The number of allylic oxidation sites excluding steroid dienone is 3. The Kier molecular flexibility index (Phi) is 53.8. The third-order valence-corrected chi connectivity index (χ3v) is 17.8. The lowest BCUT2D eigenvalue weighted by Gasteiger charge is -2.36. The van der Waals surface area contributed by atoms with Crippen molar-refractivity contribution in [1.82, 2.24) is 14.7 Å². The van der Waals surface area contributed by atoms with Crippen LogP contribution in [0.4, 0.5) is 0 Å². The van der Waals surface area contributed by atoms with Crippen LogP contribution in [0.3, 0.4) is 0 Å². The number of likely N-dealkylation sites (N-methyl/N-ethyl adjacent to an activating group) is 1. The van der Waals surface area contributed by atoms with E-state index < -0.39 is 0 Å². The van der Waals surface area contributed by atoms with Crippen molar-refractivity contribution >= 4 is 0 Å². The molecule has 0 bridgehead atoms. The molecule has 1 fully saturated rings. The molecule has 0 aromatic heterocycles. The second-order valence-electron chi connectivity index (χ2n) is 26.4. The number of nitrogens with zero attached hydrogens (tertiary/aromatic N) is 3. The summed E-state index contributed by atoms with van der Waals surface area (Å²) in [6.45, 7) is 38.3. The van der Waals surface area contributed by atoms with E-state index in [1.807, 2.05) is 0 Å². The second kappa shape index (κ2) is 56.2. The van der Waals surface area contributed by atoms with Crippen LogP contribution >= 0.6 is 0 Å². The summed E-state index contributed by atoms with van der Waals surface area (Å²) in [6.07, 6.45) is 62.8. The van der Waals surface area contributed by atoms with Gasteiger partial charge in [-0.05, 0) is 63.8 Å². The Hall–Kier alpha value is -1.30. The average molecular weight is 1090 g/mol. The predicted octanol–water partition coefficient (Wildman–Crippen LogP) is 22.7. The molecule has 4 atom stereocenters. The number of unbranched alkanes of at least 4 members (excludes halogenated alkanes) is 36. The minimum absolute atomic E-state index is 0.476. The van der Waals surface area contributed by atoms with Crippen molar-refractivity contribution in [3.8, 4) is 0 Å². The van der Waals surface area contributed by atoms with Crippen LogP contribution in [0.25, 0.3) is 0 Å². The maximum absolute atomic E-state index is 6.41. The molecule has 0 radical (unpaired) electrons. The van der Waals surface area contributed by atoms with Crippen molar-refractivity contribution in [2.75, 3.05) is 72.6 Å². The number of ether oxygens (including phenoxy) is 2. The molecule has 462 valence electrons. The molecule has 0 N–H and O–H groups in total. The highest BCUT2D eigenvalue weighted by molar-refractivity contribution is 4.95. The molecule has 0 aromatic carbocycles. The Labute approximate surface area is 491 Å². The summed E-state index contributed by atoms with van der Waals surface area (Å²) in [5, 5.41) is 0. The van der Waals surface area contributed by atoms with Crippen LogP contribution in [0.1, 0.15) is 337 Å². The van der Waals surface area contributed by atoms with E-state index in [0.29, 0.717) is 23.7 Å². The zero-order chi connectivity index (χ0) is 56.8. The van der Waals surface area contributed by atoms with Gasteiger partial charge < -0.3 is 24.2 Å². The minimum Gasteiger partial charge on any atom is -0.498 e. The molecule has 4 unspecified atom stereocenters. The van der Waals surface area contributed by atoms with E-state index in [9.17, 15) is 0 Å². The Morgan fingerprint density at radius 1 is 0.385 bits per heavy atom. The maximum Gasteiger partial charge on any atom is 0.0914 e. The summed E-state index contributed by atoms with van der Waals surface area (Å²) >= 11 is 0. The monoisotopic (exact) mass is 1090 g/mol. The molecule has 5 nitrogen and oxygen atoms in total. The van der Waals surface area contributed by atoms with E-state index in [0.717, 1.165) is 76.8 Å².